The zero-order valence-electron chi connectivity index (χ0n) is 15.3. The number of aromatic nitrogens is 2. The predicted molar refractivity (Wildman–Crippen MR) is 114 cm³/mol. The van der Waals surface area contributed by atoms with E-state index in [0.717, 1.165) is 11.3 Å². The lowest BCUT2D eigenvalue weighted by atomic mass is 10.1. The monoisotopic (exact) mass is 479 g/mol. The second-order valence-electron chi connectivity index (χ2n) is 6.05. The van der Waals surface area contributed by atoms with Crippen molar-refractivity contribution in [2.45, 2.75) is 6.54 Å². The Kier molecular flexibility index (Phi) is 7.18. The summed E-state index contributed by atoms with van der Waals surface area (Å²) in [5.74, 6) is 0.708. The number of nitrogens with zero attached hydrogens (tertiary/aromatic N) is 6. The van der Waals surface area contributed by atoms with Gasteiger partial charge in [0.1, 0.15) is 6.54 Å². The average molecular weight is 479 g/mol. The van der Waals surface area contributed by atoms with E-state index in [-0.39, 0.29) is 36.4 Å². The fourth-order valence-electron chi connectivity index (χ4n) is 2.89. The molecule has 0 spiro atoms. The van der Waals surface area contributed by atoms with Gasteiger partial charge in [0, 0.05) is 39.9 Å². The van der Waals surface area contributed by atoms with Crippen LogP contribution in [-0.4, -0.2) is 53.2 Å². The molecule has 1 aromatic carbocycles. The molecular weight excluding hydrogens is 457 g/mol. The van der Waals surface area contributed by atoms with Crippen LogP contribution < -0.4 is 10.2 Å². The van der Waals surface area contributed by atoms with E-state index in [4.69, 9.17) is 5.26 Å². The Bertz CT molecular complexity index is 853. The smallest absolute Gasteiger partial charge is 0.246 e. The van der Waals surface area contributed by atoms with E-state index in [1.54, 1.807) is 35.0 Å². The summed E-state index contributed by atoms with van der Waals surface area (Å²) >= 11 is 0. The predicted octanol–water partition coefficient (Wildman–Crippen LogP) is 1.33. The van der Waals surface area contributed by atoms with Gasteiger partial charge in [-0.1, -0.05) is 12.1 Å². The molecule has 9 heteroatoms. The molecule has 0 aliphatic carbocycles. The van der Waals surface area contributed by atoms with Crippen LogP contribution in [0.5, 0.6) is 0 Å². The lowest BCUT2D eigenvalue weighted by Crippen LogP contribution is -2.55. The van der Waals surface area contributed by atoms with Gasteiger partial charge in [0.05, 0.1) is 23.5 Å². The fourth-order valence-corrected chi connectivity index (χ4v) is 2.89. The van der Waals surface area contributed by atoms with Crippen LogP contribution in [0.15, 0.2) is 41.7 Å². The Labute approximate surface area is 175 Å². The molecule has 1 aromatic heterocycles. The van der Waals surface area contributed by atoms with Crippen LogP contribution in [0.2, 0.25) is 0 Å². The standard InChI is InChI=1S/C18H21N7O.HI/c1-20-18(21-10-15-5-3-14(9-19)4-6-15)24-7-8-25(17(26)13-24)16-11-22-23(2)12-16;/h3-6,11-12H,7-8,10,13H2,1-2H3,(H,20,21);1H. The first-order chi connectivity index (χ1) is 12.6. The number of rotatable bonds is 3. The zero-order chi connectivity index (χ0) is 18.5. The number of carbonyl (C=O) groups is 1. The second kappa shape index (κ2) is 9.36. The molecule has 1 aliphatic rings. The third kappa shape index (κ3) is 4.97. The van der Waals surface area contributed by atoms with Crippen molar-refractivity contribution in [1.29, 1.82) is 5.26 Å². The molecule has 3 rings (SSSR count). The normalized spacial score (nSPS) is 14.6. The maximum atomic E-state index is 12.5. The molecule has 1 saturated heterocycles. The Morgan fingerprint density at radius 3 is 2.63 bits per heavy atom. The highest BCUT2D eigenvalue weighted by molar-refractivity contribution is 14.0. The molecular formula is C18H22IN7O. The average Bonchev–Trinajstić information content (AvgIpc) is 3.09. The molecule has 0 bridgehead atoms. The minimum Gasteiger partial charge on any atom is -0.352 e. The summed E-state index contributed by atoms with van der Waals surface area (Å²) < 4.78 is 1.69. The van der Waals surface area contributed by atoms with Gasteiger partial charge in [-0.05, 0) is 17.7 Å². The molecule has 1 aliphatic heterocycles. The summed E-state index contributed by atoms with van der Waals surface area (Å²) in [7, 11) is 3.54. The summed E-state index contributed by atoms with van der Waals surface area (Å²) in [6, 6.07) is 9.49. The topological polar surface area (TPSA) is 89.6 Å². The van der Waals surface area contributed by atoms with Crippen molar-refractivity contribution in [2.75, 3.05) is 31.6 Å². The molecule has 1 N–H and O–H groups in total. The van der Waals surface area contributed by atoms with Crippen LogP contribution in [0.25, 0.3) is 0 Å². The number of nitriles is 1. The van der Waals surface area contributed by atoms with Gasteiger partial charge in [-0.3, -0.25) is 14.5 Å². The van der Waals surface area contributed by atoms with Gasteiger partial charge in [0.25, 0.3) is 0 Å². The van der Waals surface area contributed by atoms with E-state index in [1.165, 1.54) is 0 Å². The summed E-state index contributed by atoms with van der Waals surface area (Å²) in [5, 5.41) is 16.3. The van der Waals surface area contributed by atoms with Crippen molar-refractivity contribution in [1.82, 2.24) is 20.0 Å². The molecule has 2 aromatic rings. The first-order valence-corrected chi connectivity index (χ1v) is 8.34. The highest BCUT2D eigenvalue weighted by Crippen LogP contribution is 2.16. The molecule has 0 atom stereocenters. The number of benzene rings is 1. The molecule has 1 amide bonds. The van der Waals surface area contributed by atoms with Crippen LogP contribution >= 0.6 is 24.0 Å². The number of anilines is 1. The van der Waals surface area contributed by atoms with Crippen LogP contribution in [0, 0.1) is 11.3 Å². The van der Waals surface area contributed by atoms with Gasteiger partial charge >= 0.3 is 0 Å². The van der Waals surface area contributed by atoms with Gasteiger partial charge in [-0.25, -0.2) is 0 Å². The van der Waals surface area contributed by atoms with Gasteiger partial charge < -0.3 is 15.1 Å². The third-order valence-corrected chi connectivity index (χ3v) is 4.27. The second-order valence-corrected chi connectivity index (χ2v) is 6.05. The summed E-state index contributed by atoms with van der Waals surface area (Å²) in [5.41, 5.74) is 2.50. The summed E-state index contributed by atoms with van der Waals surface area (Å²) in [6.45, 7) is 2.12. The number of hydrogen-bond donors (Lipinski definition) is 1. The van der Waals surface area contributed by atoms with Gasteiger partial charge in [-0.2, -0.15) is 10.4 Å². The molecule has 0 unspecified atom stereocenters. The quantitative estimate of drug-likeness (QED) is 0.408. The Morgan fingerprint density at radius 1 is 1.33 bits per heavy atom. The highest BCUT2D eigenvalue weighted by atomic mass is 127. The number of carbonyl (C=O) groups excluding carboxylic acids is 1. The van der Waals surface area contributed by atoms with E-state index >= 15 is 0 Å². The Balaban J connectivity index is 0.00000261. The van der Waals surface area contributed by atoms with E-state index in [0.29, 0.717) is 31.2 Å². The van der Waals surface area contributed by atoms with Crippen molar-refractivity contribution >= 4 is 41.5 Å². The molecule has 27 heavy (non-hydrogen) atoms. The van der Waals surface area contributed by atoms with Crippen LogP contribution in [0.3, 0.4) is 0 Å². The molecule has 0 saturated carbocycles. The van der Waals surface area contributed by atoms with Crippen molar-refractivity contribution < 1.29 is 4.79 Å². The van der Waals surface area contributed by atoms with Gasteiger partial charge in [0.15, 0.2) is 5.96 Å². The number of aliphatic imine (C=N–C) groups is 1. The van der Waals surface area contributed by atoms with E-state index < -0.39 is 0 Å². The number of halogens is 1. The lowest BCUT2D eigenvalue weighted by molar-refractivity contribution is -0.120. The van der Waals surface area contributed by atoms with Gasteiger partial charge in [-0.15, -0.1) is 24.0 Å². The molecule has 8 nitrogen and oxygen atoms in total. The summed E-state index contributed by atoms with van der Waals surface area (Å²) in [6.07, 6.45) is 3.54. The molecule has 142 valence electrons. The summed E-state index contributed by atoms with van der Waals surface area (Å²) in [4.78, 5) is 20.5. The number of hydrogen-bond acceptors (Lipinski definition) is 4. The lowest BCUT2D eigenvalue weighted by Gasteiger charge is -2.35. The number of piperazine rings is 1. The van der Waals surface area contributed by atoms with Crippen molar-refractivity contribution in [3.05, 3.63) is 47.8 Å². The molecule has 1 fully saturated rings. The van der Waals surface area contributed by atoms with Crippen LogP contribution in [0.1, 0.15) is 11.1 Å². The number of aryl methyl sites for hydroxylation is 1. The Hall–Kier alpha value is -2.61. The molecule has 2 heterocycles. The van der Waals surface area contributed by atoms with Crippen LogP contribution in [0.4, 0.5) is 5.69 Å². The first-order valence-electron chi connectivity index (χ1n) is 8.34. The largest absolute Gasteiger partial charge is 0.352 e. The first kappa shape index (κ1) is 20.7. The minimum absolute atomic E-state index is 0. The van der Waals surface area contributed by atoms with E-state index in [2.05, 4.69) is 21.5 Å². The Morgan fingerprint density at radius 2 is 2.07 bits per heavy atom. The van der Waals surface area contributed by atoms with Crippen molar-refractivity contribution in [3.8, 4) is 6.07 Å². The molecule has 0 radical (unpaired) electrons. The minimum atomic E-state index is 0. The van der Waals surface area contributed by atoms with Crippen molar-refractivity contribution in [3.63, 3.8) is 0 Å². The SMILES string of the molecule is CN=C(NCc1ccc(C#N)cc1)N1CCN(c2cnn(C)c2)C(=O)C1.I. The van der Waals surface area contributed by atoms with Gasteiger partial charge in [0.2, 0.25) is 5.91 Å². The third-order valence-electron chi connectivity index (χ3n) is 4.27. The highest BCUT2D eigenvalue weighted by Gasteiger charge is 2.27. The van der Waals surface area contributed by atoms with Crippen molar-refractivity contribution in [2.24, 2.45) is 12.0 Å². The maximum absolute atomic E-state index is 12.5. The fraction of sp³-hybridized carbons (Fsp3) is 0.333. The van der Waals surface area contributed by atoms with E-state index in [1.807, 2.05) is 30.3 Å². The number of guanidine groups is 1. The van der Waals surface area contributed by atoms with E-state index in [9.17, 15) is 4.79 Å². The van der Waals surface area contributed by atoms with Crippen LogP contribution in [-0.2, 0) is 18.4 Å². The number of amides is 1. The maximum Gasteiger partial charge on any atom is 0.246 e. The zero-order valence-corrected chi connectivity index (χ0v) is 17.6. The number of nitrogens with one attached hydrogen (secondary N) is 1.